The van der Waals surface area contributed by atoms with Crippen molar-refractivity contribution in [3.63, 3.8) is 0 Å². The van der Waals surface area contributed by atoms with Crippen LogP contribution in [-0.2, 0) is 10.0 Å². The molecule has 0 unspecified atom stereocenters. The summed E-state index contributed by atoms with van der Waals surface area (Å²) in [7, 11) is -4.02. The lowest BCUT2D eigenvalue weighted by molar-refractivity contribution is 0.0696. The number of hydrogen-bond donors (Lipinski definition) is 2. The summed E-state index contributed by atoms with van der Waals surface area (Å²) in [6.07, 6.45) is 20.6. The van der Waals surface area contributed by atoms with Gasteiger partial charge in [0.25, 0.3) is 0 Å². The number of rotatable bonds is 30. The number of carboxylic acid groups (broad SMARTS) is 1. The molecule has 0 aromatic heterocycles. The Labute approximate surface area is 290 Å². The van der Waals surface area contributed by atoms with Crippen LogP contribution in [-0.4, -0.2) is 46.0 Å². The van der Waals surface area contributed by atoms with Crippen LogP contribution < -0.4 is 23.7 Å². The Bertz CT molecular complexity index is 1230. The lowest BCUT2D eigenvalue weighted by Crippen LogP contribution is -2.28. The van der Waals surface area contributed by atoms with Gasteiger partial charge in [0.05, 0.1) is 30.3 Å². The van der Waals surface area contributed by atoms with E-state index in [-0.39, 0.29) is 17.2 Å². The topological polar surface area (TPSA) is 120 Å². The largest absolute Gasteiger partial charge is 0.489 e. The zero-order valence-corrected chi connectivity index (χ0v) is 30.6. The van der Waals surface area contributed by atoms with Crippen molar-refractivity contribution in [3.8, 4) is 23.0 Å². The van der Waals surface area contributed by atoms with Gasteiger partial charge in [-0.25, -0.2) is 13.2 Å². The summed E-state index contributed by atoms with van der Waals surface area (Å²) in [6.45, 7) is 7.84. The maximum Gasteiger partial charge on any atom is 0.335 e. The molecule has 0 atom stereocenters. The standard InChI is InChI=1S/C38H61NO8S/c1-4-7-10-13-16-19-25-44-35-29-33(47-31-39-48(42,43)34-24-22-23-32(28-34)38(40)41)30-36(45-26-20-17-14-11-8-5-2)37(35)46-27-21-18-15-12-9-6-3/h22-24,28-30,39H,4-21,25-27,31H2,1-3H3,(H,40,41). The molecule has 0 bridgehead atoms. The van der Waals surface area contributed by atoms with E-state index in [9.17, 15) is 18.3 Å². The summed E-state index contributed by atoms with van der Waals surface area (Å²) in [5.41, 5.74) is -0.116. The van der Waals surface area contributed by atoms with Gasteiger partial charge in [-0.05, 0) is 37.5 Å². The molecule has 2 N–H and O–H groups in total. The van der Waals surface area contributed by atoms with E-state index in [4.69, 9.17) is 18.9 Å². The highest BCUT2D eigenvalue weighted by atomic mass is 32.2. The van der Waals surface area contributed by atoms with Gasteiger partial charge in [-0.3, -0.25) is 0 Å². The highest BCUT2D eigenvalue weighted by Crippen LogP contribution is 2.42. The molecule has 0 aliphatic carbocycles. The van der Waals surface area contributed by atoms with Crippen molar-refractivity contribution in [1.29, 1.82) is 0 Å². The van der Waals surface area contributed by atoms with Gasteiger partial charge < -0.3 is 24.1 Å². The summed E-state index contributed by atoms with van der Waals surface area (Å²) in [6, 6.07) is 8.64. The minimum atomic E-state index is -4.02. The third-order valence-corrected chi connectivity index (χ3v) is 9.50. The molecule has 0 aliphatic heterocycles. The van der Waals surface area contributed by atoms with Gasteiger partial charge in [-0.1, -0.05) is 123 Å². The molecular formula is C38H61NO8S. The van der Waals surface area contributed by atoms with Crippen LogP contribution in [0.2, 0.25) is 0 Å². The monoisotopic (exact) mass is 691 g/mol. The first-order valence-corrected chi connectivity index (χ1v) is 19.8. The normalized spacial score (nSPS) is 11.4. The molecule has 0 heterocycles. The van der Waals surface area contributed by atoms with Gasteiger partial charge in [-0.15, -0.1) is 0 Å². The van der Waals surface area contributed by atoms with Gasteiger partial charge >= 0.3 is 5.97 Å². The lowest BCUT2D eigenvalue weighted by Gasteiger charge is -2.19. The Kier molecular flexibility index (Phi) is 21.5. The smallest absolute Gasteiger partial charge is 0.335 e. The van der Waals surface area contributed by atoms with E-state index < -0.39 is 16.0 Å². The minimum Gasteiger partial charge on any atom is -0.489 e. The number of unbranched alkanes of at least 4 members (excludes halogenated alkanes) is 15. The molecule has 48 heavy (non-hydrogen) atoms. The summed E-state index contributed by atoms with van der Waals surface area (Å²) in [5.74, 6) is 0.756. The number of benzene rings is 2. The van der Waals surface area contributed by atoms with Crippen LogP contribution in [0.4, 0.5) is 0 Å². The number of aromatic carboxylic acids is 1. The molecule has 0 fully saturated rings. The van der Waals surface area contributed by atoms with E-state index in [1.807, 2.05) is 0 Å². The Morgan fingerprint density at radius 3 is 1.56 bits per heavy atom. The fourth-order valence-electron chi connectivity index (χ4n) is 5.25. The first-order valence-electron chi connectivity index (χ1n) is 18.3. The van der Waals surface area contributed by atoms with E-state index in [1.54, 1.807) is 12.1 Å². The molecule has 10 heteroatoms. The van der Waals surface area contributed by atoms with E-state index in [0.29, 0.717) is 42.8 Å². The van der Waals surface area contributed by atoms with E-state index in [0.717, 1.165) is 44.6 Å². The first-order chi connectivity index (χ1) is 23.3. The fourth-order valence-corrected chi connectivity index (χ4v) is 6.17. The zero-order chi connectivity index (χ0) is 34.9. The highest BCUT2D eigenvalue weighted by Gasteiger charge is 2.19. The minimum absolute atomic E-state index is 0.116. The van der Waals surface area contributed by atoms with E-state index in [1.165, 1.54) is 95.2 Å². The van der Waals surface area contributed by atoms with Crippen molar-refractivity contribution in [3.05, 3.63) is 42.0 Å². The molecule has 9 nitrogen and oxygen atoms in total. The van der Waals surface area contributed by atoms with Crippen molar-refractivity contribution in [2.45, 2.75) is 141 Å². The quantitative estimate of drug-likeness (QED) is 0.0614. The number of hydrogen-bond acceptors (Lipinski definition) is 7. The predicted octanol–water partition coefficient (Wildman–Crippen LogP) is 9.92. The summed E-state index contributed by atoms with van der Waals surface area (Å²) in [4.78, 5) is 11.2. The summed E-state index contributed by atoms with van der Waals surface area (Å²) >= 11 is 0. The number of carboxylic acids is 1. The SMILES string of the molecule is CCCCCCCCOc1cc(OCNS(=O)(=O)c2cccc(C(=O)O)c2)cc(OCCCCCCCC)c1OCCCCCCCC. The van der Waals surface area contributed by atoms with Gasteiger partial charge in [0.1, 0.15) is 5.75 Å². The average Bonchev–Trinajstić information content (AvgIpc) is 3.07. The number of nitrogens with one attached hydrogen (secondary N) is 1. The third-order valence-electron chi connectivity index (χ3n) is 8.13. The molecule has 0 saturated carbocycles. The van der Waals surface area contributed by atoms with Gasteiger partial charge in [-0.2, -0.15) is 4.72 Å². The lowest BCUT2D eigenvalue weighted by atomic mass is 10.1. The molecule has 272 valence electrons. The van der Waals surface area contributed by atoms with Crippen LogP contribution in [0.1, 0.15) is 147 Å². The molecule has 0 amide bonds. The molecule has 2 rings (SSSR count). The van der Waals surface area contributed by atoms with E-state index >= 15 is 0 Å². The van der Waals surface area contributed by atoms with Crippen molar-refractivity contribution in [1.82, 2.24) is 4.72 Å². The average molecular weight is 692 g/mol. The molecule has 0 spiro atoms. The van der Waals surface area contributed by atoms with Crippen LogP contribution in [0.25, 0.3) is 0 Å². The Morgan fingerprint density at radius 2 is 1.08 bits per heavy atom. The van der Waals surface area contributed by atoms with Crippen LogP contribution >= 0.6 is 0 Å². The molecule has 0 radical (unpaired) electrons. The summed E-state index contributed by atoms with van der Waals surface area (Å²) in [5, 5.41) is 9.26. The Hall–Kier alpha value is -2.98. The second-order valence-electron chi connectivity index (χ2n) is 12.4. The number of sulfonamides is 1. The van der Waals surface area contributed by atoms with Crippen molar-refractivity contribution in [2.75, 3.05) is 26.6 Å². The molecule has 0 saturated heterocycles. The number of ether oxygens (including phenoxy) is 4. The maximum absolute atomic E-state index is 12.9. The molecule has 2 aromatic carbocycles. The van der Waals surface area contributed by atoms with Crippen molar-refractivity contribution >= 4 is 16.0 Å². The van der Waals surface area contributed by atoms with Crippen molar-refractivity contribution < 1.29 is 37.3 Å². The second kappa shape index (κ2) is 25.1. The Morgan fingerprint density at radius 1 is 0.625 bits per heavy atom. The summed E-state index contributed by atoms with van der Waals surface area (Å²) < 4.78 is 53.0. The van der Waals surface area contributed by atoms with Crippen LogP contribution in [0.3, 0.4) is 0 Å². The molecule has 2 aromatic rings. The van der Waals surface area contributed by atoms with Crippen LogP contribution in [0, 0.1) is 0 Å². The van der Waals surface area contributed by atoms with Gasteiger partial charge in [0.2, 0.25) is 15.8 Å². The van der Waals surface area contributed by atoms with Gasteiger partial charge in [0.15, 0.2) is 18.2 Å². The van der Waals surface area contributed by atoms with Crippen LogP contribution in [0.15, 0.2) is 41.3 Å². The zero-order valence-electron chi connectivity index (χ0n) is 29.7. The van der Waals surface area contributed by atoms with Crippen molar-refractivity contribution in [2.24, 2.45) is 0 Å². The highest BCUT2D eigenvalue weighted by molar-refractivity contribution is 7.89. The third kappa shape index (κ3) is 16.9. The molecular weight excluding hydrogens is 630 g/mol. The first kappa shape index (κ1) is 41.2. The Balaban J connectivity index is 2.20. The van der Waals surface area contributed by atoms with Gasteiger partial charge in [0, 0.05) is 12.1 Å². The predicted molar refractivity (Wildman–Crippen MR) is 192 cm³/mol. The molecule has 0 aliphatic rings. The van der Waals surface area contributed by atoms with E-state index in [2.05, 4.69) is 25.5 Å². The fraction of sp³-hybridized carbons (Fsp3) is 0.658. The second-order valence-corrected chi connectivity index (χ2v) is 14.1. The number of carbonyl (C=O) groups is 1. The van der Waals surface area contributed by atoms with Crippen LogP contribution in [0.5, 0.6) is 23.0 Å². The maximum atomic E-state index is 12.9.